The van der Waals surface area contributed by atoms with E-state index in [0.717, 1.165) is 17.5 Å². The second-order valence-electron chi connectivity index (χ2n) is 10.7. The smallest absolute Gasteiger partial charge is 0.385 e. The van der Waals surface area contributed by atoms with Gasteiger partial charge in [-0.05, 0) is 24.8 Å². The molecule has 2 fully saturated rings. The molecule has 1 aromatic heterocycles. The van der Waals surface area contributed by atoms with Gasteiger partial charge in [-0.2, -0.15) is 13.2 Å². The number of benzene rings is 2. The van der Waals surface area contributed by atoms with E-state index in [4.69, 9.17) is 4.74 Å². The lowest BCUT2D eigenvalue weighted by molar-refractivity contribution is -0.193. The number of hydrogen-bond donors (Lipinski definition) is 2. The molecule has 7 nitrogen and oxygen atoms in total. The Hall–Kier alpha value is -3.21. The van der Waals surface area contributed by atoms with Crippen LogP contribution < -0.4 is 5.32 Å². The van der Waals surface area contributed by atoms with Crippen molar-refractivity contribution in [1.82, 2.24) is 19.8 Å². The first-order valence-electron chi connectivity index (χ1n) is 13.8. The van der Waals surface area contributed by atoms with E-state index in [-0.39, 0.29) is 17.6 Å². The van der Waals surface area contributed by atoms with Crippen LogP contribution in [-0.2, 0) is 11.2 Å². The van der Waals surface area contributed by atoms with Crippen LogP contribution in [-0.4, -0.2) is 76.1 Å². The zero-order chi connectivity index (χ0) is 28.2. The lowest BCUT2D eigenvalue weighted by atomic mass is 9.80. The SMILES string of the molecule is O=C(c1ncn(C2CCCCC2(O)COCC(F)(F)F)c1-c1ccccc1)N1CCNC[C@H]1Cc1ccccc1. The Bertz CT molecular complexity index is 1270. The molecule has 0 radical (unpaired) electrons. The molecule has 1 saturated heterocycles. The van der Waals surface area contributed by atoms with Crippen molar-refractivity contribution in [2.45, 2.75) is 56.0 Å². The number of amides is 1. The zero-order valence-electron chi connectivity index (χ0n) is 22.3. The second kappa shape index (κ2) is 12.1. The van der Waals surface area contributed by atoms with E-state index < -0.39 is 31.0 Å². The van der Waals surface area contributed by atoms with Crippen LogP contribution in [0.3, 0.4) is 0 Å². The quantitative estimate of drug-likeness (QED) is 0.423. The lowest BCUT2D eigenvalue weighted by Crippen LogP contribution is -2.54. The third kappa shape index (κ3) is 6.40. The molecule has 1 aliphatic heterocycles. The highest BCUT2D eigenvalue weighted by Crippen LogP contribution is 2.41. The van der Waals surface area contributed by atoms with Gasteiger partial charge < -0.3 is 24.6 Å². The lowest BCUT2D eigenvalue weighted by Gasteiger charge is -2.41. The molecule has 0 spiro atoms. The van der Waals surface area contributed by atoms with Gasteiger partial charge in [-0.1, -0.05) is 73.5 Å². The molecule has 0 bridgehead atoms. The number of nitrogens with zero attached hydrogens (tertiary/aromatic N) is 3. The first-order valence-corrected chi connectivity index (χ1v) is 13.8. The fourth-order valence-electron chi connectivity index (χ4n) is 5.98. The molecule has 2 aromatic carbocycles. The Morgan fingerprint density at radius 2 is 1.82 bits per heavy atom. The van der Waals surface area contributed by atoms with Gasteiger partial charge in [0.15, 0.2) is 5.69 Å². The summed E-state index contributed by atoms with van der Waals surface area (Å²) in [6.45, 7) is -0.0365. The summed E-state index contributed by atoms with van der Waals surface area (Å²) in [6, 6.07) is 18.7. The standard InChI is InChI=1S/C30H35F3N4O3/c31-30(32,33)20-40-19-29(39)14-8-7-13-25(29)37-21-35-26(27(37)23-11-5-2-6-12-23)28(38)36-16-15-34-18-24(36)17-22-9-3-1-4-10-22/h1-6,9-12,21,24-25,34,39H,7-8,13-20H2/t24-,25?,29?/m1/s1. The molecule has 214 valence electrons. The van der Waals surface area contributed by atoms with Crippen molar-refractivity contribution < 1.29 is 27.8 Å². The summed E-state index contributed by atoms with van der Waals surface area (Å²) in [4.78, 5) is 20.6. The van der Waals surface area contributed by atoms with Crippen LogP contribution in [0.15, 0.2) is 67.0 Å². The third-order valence-corrected chi connectivity index (χ3v) is 7.88. The summed E-state index contributed by atoms with van der Waals surface area (Å²) in [5, 5.41) is 15.0. The summed E-state index contributed by atoms with van der Waals surface area (Å²) < 4.78 is 45.2. The number of carbonyl (C=O) groups is 1. The van der Waals surface area contributed by atoms with Crippen molar-refractivity contribution in [3.63, 3.8) is 0 Å². The van der Waals surface area contributed by atoms with Gasteiger partial charge in [0.25, 0.3) is 5.91 Å². The van der Waals surface area contributed by atoms with Crippen LogP contribution in [0.4, 0.5) is 13.2 Å². The maximum absolute atomic E-state index is 14.1. The number of nitrogens with one attached hydrogen (secondary N) is 1. The fraction of sp³-hybridized carbons (Fsp3) is 0.467. The normalized spacial score (nSPS) is 23.8. The number of carbonyl (C=O) groups excluding carboxylic acids is 1. The molecule has 3 aromatic rings. The zero-order valence-corrected chi connectivity index (χ0v) is 22.3. The van der Waals surface area contributed by atoms with Crippen molar-refractivity contribution in [3.8, 4) is 11.3 Å². The van der Waals surface area contributed by atoms with Crippen LogP contribution in [0, 0.1) is 0 Å². The molecule has 40 heavy (non-hydrogen) atoms. The molecular weight excluding hydrogens is 521 g/mol. The number of imidazole rings is 1. The number of halogens is 3. The largest absolute Gasteiger partial charge is 0.411 e. The predicted molar refractivity (Wildman–Crippen MR) is 145 cm³/mol. The molecule has 2 heterocycles. The summed E-state index contributed by atoms with van der Waals surface area (Å²) in [6.07, 6.45) is 0.0466. The third-order valence-electron chi connectivity index (χ3n) is 7.88. The van der Waals surface area contributed by atoms with E-state index in [1.165, 1.54) is 0 Å². The number of rotatable bonds is 8. The molecule has 2 aliphatic rings. The van der Waals surface area contributed by atoms with E-state index >= 15 is 0 Å². The molecule has 3 atom stereocenters. The highest BCUT2D eigenvalue weighted by Gasteiger charge is 2.43. The van der Waals surface area contributed by atoms with Gasteiger partial charge in [0.1, 0.15) is 12.2 Å². The number of alkyl halides is 3. The Morgan fingerprint density at radius 1 is 1.10 bits per heavy atom. The van der Waals surface area contributed by atoms with E-state index in [2.05, 4.69) is 10.3 Å². The summed E-state index contributed by atoms with van der Waals surface area (Å²) >= 11 is 0. The van der Waals surface area contributed by atoms with Gasteiger partial charge >= 0.3 is 6.18 Å². The predicted octanol–water partition coefficient (Wildman–Crippen LogP) is 4.63. The molecule has 1 amide bonds. The first-order chi connectivity index (χ1) is 19.3. The summed E-state index contributed by atoms with van der Waals surface area (Å²) in [5.41, 5.74) is 1.19. The van der Waals surface area contributed by atoms with Crippen molar-refractivity contribution in [3.05, 3.63) is 78.2 Å². The average molecular weight is 557 g/mol. The van der Waals surface area contributed by atoms with Crippen molar-refractivity contribution in [1.29, 1.82) is 0 Å². The maximum atomic E-state index is 14.1. The Morgan fingerprint density at radius 3 is 2.55 bits per heavy atom. The summed E-state index contributed by atoms with van der Waals surface area (Å²) in [5.74, 6) is -0.201. The van der Waals surface area contributed by atoms with Crippen molar-refractivity contribution in [2.75, 3.05) is 32.8 Å². The summed E-state index contributed by atoms with van der Waals surface area (Å²) in [7, 11) is 0. The van der Waals surface area contributed by atoms with Crippen LogP contribution in [0.5, 0.6) is 0 Å². The number of ether oxygens (including phenoxy) is 1. The van der Waals surface area contributed by atoms with Crippen LogP contribution in [0.2, 0.25) is 0 Å². The highest BCUT2D eigenvalue weighted by molar-refractivity contribution is 5.98. The van der Waals surface area contributed by atoms with E-state index in [9.17, 15) is 23.1 Å². The molecule has 10 heteroatoms. The maximum Gasteiger partial charge on any atom is 0.411 e. The molecular formula is C30H35F3N4O3. The van der Waals surface area contributed by atoms with Gasteiger partial charge in [-0.15, -0.1) is 0 Å². The van der Waals surface area contributed by atoms with Gasteiger partial charge in [0.05, 0.1) is 24.7 Å². The van der Waals surface area contributed by atoms with E-state index in [1.807, 2.05) is 65.6 Å². The van der Waals surface area contributed by atoms with E-state index in [0.29, 0.717) is 51.0 Å². The number of aliphatic hydroxyl groups is 1. The first kappa shape index (κ1) is 28.3. The monoisotopic (exact) mass is 556 g/mol. The van der Waals surface area contributed by atoms with Crippen molar-refractivity contribution in [2.24, 2.45) is 0 Å². The molecule has 1 aliphatic carbocycles. The number of aromatic nitrogens is 2. The van der Waals surface area contributed by atoms with Gasteiger partial charge in [0, 0.05) is 31.2 Å². The average Bonchev–Trinajstić information content (AvgIpc) is 3.38. The van der Waals surface area contributed by atoms with E-state index in [1.54, 1.807) is 10.9 Å². The fourth-order valence-corrected chi connectivity index (χ4v) is 5.98. The second-order valence-corrected chi connectivity index (χ2v) is 10.7. The molecule has 1 saturated carbocycles. The Kier molecular flexibility index (Phi) is 8.58. The van der Waals surface area contributed by atoms with Gasteiger partial charge in [0.2, 0.25) is 0 Å². The van der Waals surface area contributed by atoms with Crippen molar-refractivity contribution >= 4 is 5.91 Å². The van der Waals surface area contributed by atoms with Crippen LogP contribution in [0.1, 0.15) is 47.8 Å². The number of hydrogen-bond acceptors (Lipinski definition) is 5. The molecule has 2 N–H and O–H groups in total. The minimum Gasteiger partial charge on any atom is -0.385 e. The molecule has 5 rings (SSSR count). The van der Waals surface area contributed by atoms with Crippen LogP contribution >= 0.6 is 0 Å². The molecule has 2 unspecified atom stereocenters. The van der Waals surface area contributed by atoms with Crippen LogP contribution in [0.25, 0.3) is 11.3 Å². The Labute approximate surface area is 232 Å². The topological polar surface area (TPSA) is 79.6 Å². The Balaban J connectivity index is 1.49. The van der Waals surface area contributed by atoms with Gasteiger partial charge in [-0.3, -0.25) is 4.79 Å². The minimum absolute atomic E-state index is 0.0696. The minimum atomic E-state index is -4.48. The van der Waals surface area contributed by atoms with Gasteiger partial charge in [-0.25, -0.2) is 4.98 Å². The number of piperazine rings is 1. The highest BCUT2D eigenvalue weighted by atomic mass is 19.4.